The van der Waals surface area contributed by atoms with Crippen LogP contribution in [0, 0.1) is 0 Å². The summed E-state index contributed by atoms with van der Waals surface area (Å²) in [5.74, 6) is -1.58. The highest BCUT2D eigenvalue weighted by atomic mass is 16.5. The lowest BCUT2D eigenvalue weighted by Gasteiger charge is -2.18. The highest BCUT2D eigenvalue weighted by Crippen LogP contribution is 2.00. The highest BCUT2D eigenvalue weighted by Gasteiger charge is 2.30. The molecule has 2 amide bonds. The molecule has 4 N–H and O–H groups in total. The molecule has 0 aromatic heterocycles. The summed E-state index contributed by atoms with van der Waals surface area (Å²) in [4.78, 5) is 21.3. The summed E-state index contributed by atoms with van der Waals surface area (Å²) in [5.41, 5.74) is 9.82. The van der Waals surface area contributed by atoms with Crippen LogP contribution in [0.2, 0.25) is 0 Å². The summed E-state index contributed by atoms with van der Waals surface area (Å²) in [6.07, 6.45) is -2.26. The van der Waals surface area contributed by atoms with E-state index in [9.17, 15) is 9.59 Å². The molecule has 0 spiro atoms. The quantitative estimate of drug-likeness (QED) is 0.504. The highest BCUT2D eigenvalue weighted by molar-refractivity contribution is 5.89. The smallest absolute Gasteiger partial charge is 0.249 e. The SMILES string of the molecule is CO[C@H](C(N)=O)[C@H](OC)C(N)=O. The Labute approximate surface area is 69.8 Å². The first-order chi connectivity index (χ1) is 5.54. The molecule has 12 heavy (non-hydrogen) atoms. The van der Waals surface area contributed by atoms with Crippen LogP contribution in [-0.4, -0.2) is 38.2 Å². The van der Waals surface area contributed by atoms with Gasteiger partial charge in [-0.3, -0.25) is 9.59 Å². The first kappa shape index (κ1) is 10.9. The minimum Gasteiger partial charge on any atom is -0.368 e. The number of carbonyl (C=O) groups is 2. The van der Waals surface area contributed by atoms with Crippen molar-refractivity contribution in [3.05, 3.63) is 0 Å². The van der Waals surface area contributed by atoms with Gasteiger partial charge in [0.1, 0.15) is 0 Å². The first-order valence-corrected chi connectivity index (χ1v) is 3.18. The molecule has 0 rings (SSSR count). The molecule has 0 fully saturated rings. The Kier molecular flexibility index (Phi) is 4.24. The molecule has 0 aliphatic rings. The molecule has 0 aliphatic carbocycles. The standard InChI is InChI=1S/C6H12N2O4/c1-11-3(5(7)9)4(12-2)6(8)10/h3-4H,1-2H3,(H2,7,9)(H2,8,10)/t3-,4-/m0/s1. The van der Waals surface area contributed by atoms with Gasteiger partial charge in [0.25, 0.3) is 0 Å². The Morgan fingerprint density at radius 2 is 1.25 bits per heavy atom. The third kappa shape index (κ3) is 2.48. The van der Waals surface area contributed by atoms with Crippen molar-refractivity contribution in [2.75, 3.05) is 14.2 Å². The second-order valence-electron chi connectivity index (χ2n) is 2.12. The van der Waals surface area contributed by atoms with Crippen molar-refractivity contribution in [3.63, 3.8) is 0 Å². The van der Waals surface area contributed by atoms with E-state index in [1.54, 1.807) is 0 Å². The Morgan fingerprint density at radius 3 is 1.33 bits per heavy atom. The van der Waals surface area contributed by atoms with Crippen molar-refractivity contribution in [3.8, 4) is 0 Å². The fourth-order valence-corrected chi connectivity index (χ4v) is 0.778. The molecule has 0 radical (unpaired) electrons. The van der Waals surface area contributed by atoms with E-state index in [4.69, 9.17) is 11.5 Å². The Balaban J connectivity index is 4.44. The fraction of sp³-hybridized carbons (Fsp3) is 0.667. The van der Waals surface area contributed by atoms with Crippen LogP contribution in [0.1, 0.15) is 0 Å². The molecule has 2 atom stereocenters. The largest absolute Gasteiger partial charge is 0.368 e. The van der Waals surface area contributed by atoms with Gasteiger partial charge in [-0.25, -0.2) is 0 Å². The Bertz CT molecular complexity index is 162. The van der Waals surface area contributed by atoms with E-state index >= 15 is 0 Å². The van der Waals surface area contributed by atoms with E-state index in [1.165, 1.54) is 14.2 Å². The van der Waals surface area contributed by atoms with Crippen molar-refractivity contribution >= 4 is 11.8 Å². The third-order valence-electron chi connectivity index (χ3n) is 1.34. The van der Waals surface area contributed by atoms with E-state index in [0.717, 1.165) is 0 Å². The number of nitrogens with two attached hydrogens (primary N) is 2. The molecule has 0 bridgehead atoms. The predicted octanol–water partition coefficient (Wildman–Crippen LogP) is -2.01. The first-order valence-electron chi connectivity index (χ1n) is 3.18. The number of carbonyl (C=O) groups excluding carboxylic acids is 2. The minimum atomic E-state index is -1.13. The molecular formula is C6H12N2O4. The monoisotopic (exact) mass is 176 g/mol. The maximum Gasteiger partial charge on any atom is 0.249 e. The minimum absolute atomic E-state index is 0.789. The van der Waals surface area contributed by atoms with Crippen LogP contribution < -0.4 is 11.5 Å². The van der Waals surface area contributed by atoms with Gasteiger partial charge < -0.3 is 20.9 Å². The van der Waals surface area contributed by atoms with E-state index in [1.807, 2.05) is 0 Å². The van der Waals surface area contributed by atoms with Gasteiger partial charge in [-0.15, -0.1) is 0 Å². The van der Waals surface area contributed by atoms with Crippen LogP contribution in [0.4, 0.5) is 0 Å². The molecule has 0 aromatic rings. The lowest BCUT2D eigenvalue weighted by molar-refractivity contribution is -0.147. The van der Waals surface area contributed by atoms with Gasteiger partial charge >= 0.3 is 0 Å². The van der Waals surface area contributed by atoms with Gasteiger partial charge in [-0.2, -0.15) is 0 Å². The molecule has 6 heteroatoms. The number of amides is 2. The van der Waals surface area contributed by atoms with Crippen LogP contribution in [-0.2, 0) is 19.1 Å². The van der Waals surface area contributed by atoms with E-state index in [-0.39, 0.29) is 0 Å². The lowest BCUT2D eigenvalue weighted by Crippen LogP contribution is -2.48. The summed E-state index contributed by atoms with van der Waals surface area (Å²) >= 11 is 0. The number of hydrogen-bond donors (Lipinski definition) is 2. The summed E-state index contributed by atoms with van der Waals surface area (Å²) in [7, 11) is 2.48. The number of primary amides is 2. The molecule has 0 saturated carbocycles. The predicted molar refractivity (Wildman–Crippen MR) is 40.0 cm³/mol. The zero-order chi connectivity index (χ0) is 9.72. The van der Waals surface area contributed by atoms with Crippen LogP contribution in [0.25, 0.3) is 0 Å². The average molecular weight is 176 g/mol. The van der Waals surface area contributed by atoms with Crippen LogP contribution >= 0.6 is 0 Å². The van der Waals surface area contributed by atoms with Crippen LogP contribution in [0.3, 0.4) is 0 Å². The Hall–Kier alpha value is -1.14. The van der Waals surface area contributed by atoms with Crippen molar-refractivity contribution in [1.29, 1.82) is 0 Å². The van der Waals surface area contributed by atoms with Gasteiger partial charge in [0.15, 0.2) is 12.2 Å². The zero-order valence-corrected chi connectivity index (χ0v) is 6.94. The molecule has 0 heterocycles. The number of methoxy groups -OCH3 is 2. The van der Waals surface area contributed by atoms with E-state index in [0.29, 0.717) is 0 Å². The molecule has 6 nitrogen and oxygen atoms in total. The van der Waals surface area contributed by atoms with Crippen molar-refractivity contribution < 1.29 is 19.1 Å². The number of hydrogen-bond acceptors (Lipinski definition) is 4. The van der Waals surface area contributed by atoms with Gasteiger partial charge in [-0.05, 0) is 0 Å². The molecule has 70 valence electrons. The van der Waals surface area contributed by atoms with E-state index in [2.05, 4.69) is 9.47 Å². The van der Waals surface area contributed by atoms with Crippen molar-refractivity contribution in [1.82, 2.24) is 0 Å². The molecule has 0 saturated heterocycles. The number of ether oxygens (including phenoxy) is 2. The van der Waals surface area contributed by atoms with Gasteiger partial charge in [0.2, 0.25) is 11.8 Å². The maximum absolute atomic E-state index is 10.6. The third-order valence-corrected chi connectivity index (χ3v) is 1.34. The molecule has 0 aliphatic heterocycles. The van der Waals surface area contributed by atoms with Gasteiger partial charge in [0, 0.05) is 14.2 Å². The molecular weight excluding hydrogens is 164 g/mol. The Morgan fingerprint density at radius 1 is 1.00 bits per heavy atom. The number of rotatable bonds is 5. The van der Waals surface area contributed by atoms with Crippen LogP contribution in [0.15, 0.2) is 0 Å². The maximum atomic E-state index is 10.6. The fourth-order valence-electron chi connectivity index (χ4n) is 0.778. The summed E-state index contributed by atoms with van der Waals surface area (Å²) in [6.45, 7) is 0. The van der Waals surface area contributed by atoms with Crippen LogP contribution in [0.5, 0.6) is 0 Å². The summed E-state index contributed by atoms with van der Waals surface area (Å²) in [6, 6.07) is 0. The van der Waals surface area contributed by atoms with Crippen molar-refractivity contribution in [2.45, 2.75) is 12.2 Å². The molecule has 0 aromatic carbocycles. The average Bonchev–Trinajstić information content (AvgIpc) is 1.98. The van der Waals surface area contributed by atoms with Gasteiger partial charge in [0.05, 0.1) is 0 Å². The zero-order valence-electron chi connectivity index (χ0n) is 6.94. The summed E-state index contributed by atoms with van der Waals surface area (Å²) in [5, 5.41) is 0. The normalized spacial score (nSPS) is 15.2. The molecule has 0 unspecified atom stereocenters. The topological polar surface area (TPSA) is 105 Å². The van der Waals surface area contributed by atoms with E-state index < -0.39 is 24.0 Å². The van der Waals surface area contributed by atoms with Gasteiger partial charge in [-0.1, -0.05) is 0 Å². The summed E-state index contributed by atoms with van der Waals surface area (Å²) < 4.78 is 9.25. The lowest BCUT2D eigenvalue weighted by atomic mass is 10.2. The van der Waals surface area contributed by atoms with Crippen molar-refractivity contribution in [2.24, 2.45) is 11.5 Å². The second-order valence-corrected chi connectivity index (χ2v) is 2.12. The second kappa shape index (κ2) is 4.68.